The molecule has 0 aromatic heterocycles. The van der Waals surface area contributed by atoms with E-state index in [9.17, 15) is 27.6 Å². The van der Waals surface area contributed by atoms with Gasteiger partial charge in [-0.3, -0.25) is 9.59 Å². The number of anilines is 1. The fourth-order valence-electron chi connectivity index (χ4n) is 3.94. The summed E-state index contributed by atoms with van der Waals surface area (Å²) in [4.78, 5) is 37.3. The lowest BCUT2D eigenvalue weighted by Crippen LogP contribution is -2.46. The van der Waals surface area contributed by atoms with Gasteiger partial charge in [0.25, 0.3) is 0 Å². The second-order valence-corrected chi connectivity index (χ2v) is 8.24. The molecular formula is C24H30F3NO6. The van der Waals surface area contributed by atoms with Crippen molar-refractivity contribution >= 4 is 23.5 Å². The van der Waals surface area contributed by atoms with Crippen LogP contribution in [0, 0.1) is 6.92 Å². The van der Waals surface area contributed by atoms with Gasteiger partial charge in [-0.2, -0.15) is 13.2 Å². The largest absolute Gasteiger partial charge is 0.496 e. The van der Waals surface area contributed by atoms with Crippen molar-refractivity contribution in [2.45, 2.75) is 72.7 Å². The number of allylic oxidation sites excluding steroid dienone is 2. The minimum absolute atomic E-state index is 0.0582. The summed E-state index contributed by atoms with van der Waals surface area (Å²) in [5, 5.41) is 0. The Bertz CT molecular complexity index is 998. The standard InChI is InChI=1S/C24H30F3NO6/c1-7-33-18(29)11-9-14(4)8-10-16-20(28(13(2)3)23(31)24(25,26)27)19-17(12-34-22(19)30)15(5)21(16)32-6/h8,13H,7,9-12H2,1-6H3. The number of halogens is 3. The molecule has 1 aromatic carbocycles. The van der Waals surface area contributed by atoms with Crippen LogP contribution >= 0.6 is 0 Å². The summed E-state index contributed by atoms with van der Waals surface area (Å²) in [5.74, 6) is -2.95. The topological polar surface area (TPSA) is 82.1 Å². The van der Waals surface area contributed by atoms with E-state index in [-0.39, 0.29) is 54.6 Å². The first kappa shape index (κ1) is 27.2. The number of hydrogen-bond donors (Lipinski definition) is 0. The van der Waals surface area contributed by atoms with E-state index < -0.39 is 24.1 Å². The third kappa shape index (κ3) is 5.71. The highest BCUT2D eigenvalue weighted by Crippen LogP contribution is 2.44. The molecule has 2 rings (SSSR count). The molecule has 0 radical (unpaired) electrons. The Balaban J connectivity index is 2.67. The van der Waals surface area contributed by atoms with Gasteiger partial charge in [0, 0.05) is 23.6 Å². The molecule has 1 heterocycles. The third-order valence-corrected chi connectivity index (χ3v) is 5.55. The van der Waals surface area contributed by atoms with E-state index in [1.54, 1.807) is 26.8 Å². The normalized spacial score (nSPS) is 13.6. The minimum Gasteiger partial charge on any atom is -0.496 e. The predicted octanol–water partition coefficient (Wildman–Crippen LogP) is 4.81. The Morgan fingerprint density at radius 1 is 1.24 bits per heavy atom. The minimum atomic E-state index is -5.15. The van der Waals surface area contributed by atoms with Crippen molar-refractivity contribution in [3.8, 4) is 5.75 Å². The quantitative estimate of drug-likeness (QED) is 0.369. The second-order valence-electron chi connectivity index (χ2n) is 8.24. The molecule has 0 saturated heterocycles. The number of nitrogens with zero attached hydrogens (tertiary/aromatic N) is 1. The van der Waals surface area contributed by atoms with Gasteiger partial charge in [0.05, 0.1) is 25.0 Å². The summed E-state index contributed by atoms with van der Waals surface area (Å²) in [5.41, 5.74) is 1.79. The van der Waals surface area contributed by atoms with Crippen molar-refractivity contribution < 1.29 is 41.8 Å². The monoisotopic (exact) mass is 485 g/mol. The molecule has 1 aliphatic heterocycles. The first-order chi connectivity index (χ1) is 15.8. The Labute approximate surface area is 196 Å². The van der Waals surface area contributed by atoms with Crippen molar-refractivity contribution in [1.82, 2.24) is 0 Å². The number of cyclic esters (lactones) is 1. The molecule has 0 aliphatic carbocycles. The van der Waals surface area contributed by atoms with Gasteiger partial charge < -0.3 is 19.1 Å². The molecule has 0 bridgehead atoms. The molecule has 0 unspecified atom stereocenters. The van der Waals surface area contributed by atoms with Gasteiger partial charge in [-0.05, 0) is 53.0 Å². The number of fused-ring (bicyclic) bond motifs is 1. The fourth-order valence-corrected chi connectivity index (χ4v) is 3.94. The van der Waals surface area contributed by atoms with Crippen LogP contribution in [0.4, 0.5) is 18.9 Å². The number of methoxy groups -OCH3 is 1. The number of esters is 2. The van der Waals surface area contributed by atoms with E-state index in [2.05, 4.69) is 0 Å². The van der Waals surface area contributed by atoms with Gasteiger partial charge in [0.2, 0.25) is 0 Å². The summed E-state index contributed by atoms with van der Waals surface area (Å²) in [6.45, 7) is 8.20. The molecule has 1 aromatic rings. The summed E-state index contributed by atoms with van der Waals surface area (Å²) >= 11 is 0. The van der Waals surface area contributed by atoms with E-state index in [1.807, 2.05) is 0 Å². The number of amides is 1. The van der Waals surface area contributed by atoms with Crippen LogP contribution in [0.3, 0.4) is 0 Å². The average Bonchev–Trinajstić information content (AvgIpc) is 3.13. The molecule has 188 valence electrons. The zero-order valence-corrected chi connectivity index (χ0v) is 20.2. The summed E-state index contributed by atoms with van der Waals surface area (Å²) in [7, 11) is 1.38. The molecule has 0 N–H and O–H groups in total. The van der Waals surface area contributed by atoms with Crippen molar-refractivity contribution in [2.75, 3.05) is 18.6 Å². The van der Waals surface area contributed by atoms with Crippen molar-refractivity contribution in [2.24, 2.45) is 0 Å². The van der Waals surface area contributed by atoms with Crippen LogP contribution in [0.15, 0.2) is 11.6 Å². The van der Waals surface area contributed by atoms with Gasteiger partial charge in [-0.1, -0.05) is 11.6 Å². The maximum atomic E-state index is 13.5. The zero-order chi connectivity index (χ0) is 25.8. The Morgan fingerprint density at radius 2 is 1.88 bits per heavy atom. The van der Waals surface area contributed by atoms with Gasteiger partial charge in [-0.25, -0.2) is 4.79 Å². The second kappa shape index (κ2) is 10.9. The van der Waals surface area contributed by atoms with Gasteiger partial charge >= 0.3 is 24.0 Å². The smallest absolute Gasteiger partial charge is 0.471 e. The van der Waals surface area contributed by atoms with Crippen molar-refractivity contribution in [3.05, 3.63) is 33.9 Å². The molecule has 34 heavy (non-hydrogen) atoms. The maximum absolute atomic E-state index is 13.5. The summed E-state index contributed by atoms with van der Waals surface area (Å²) < 4.78 is 56.2. The lowest BCUT2D eigenvalue weighted by Gasteiger charge is -2.32. The van der Waals surface area contributed by atoms with E-state index in [0.717, 1.165) is 5.57 Å². The third-order valence-electron chi connectivity index (χ3n) is 5.55. The van der Waals surface area contributed by atoms with E-state index in [4.69, 9.17) is 14.2 Å². The molecule has 0 fully saturated rings. The van der Waals surface area contributed by atoms with Crippen molar-refractivity contribution in [3.63, 3.8) is 0 Å². The summed E-state index contributed by atoms with van der Waals surface area (Å²) in [6, 6.07) is -0.910. The zero-order valence-electron chi connectivity index (χ0n) is 20.2. The molecule has 1 aliphatic rings. The maximum Gasteiger partial charge on any atom is 0.471 e. The number of hydrogen-bond acceptors (Lipinski definition) is 6. The predicted molar refractivity (Wildman–Crippen MR) is 119 cm³/mol. The van der Waals surface area contributed by atoms with Crippen LogP contribution in [0.5, 0.6) is 5.75 Å². The number of carbonyl (C=O) groups is 3. The number of ether oxygens (including phenoxy) is 3. The van der Waals surface area contributed by atoms with Gasteiger partial charge in [-0.15, -0.1) is 0 Å². The Kier molecular flexibility index (Phi) is 8.74. The van der Waals surface area contributed by atoms with E-state index >= 15 is 0 Å². The molecule has 0 atom stereocenters. The van der Waals surface area contributed by atoms with Crippen LogP contribution in [0.2, 0.25) is 0 Å². The van der Waals surface area contributed by atoms with E-state index in [0.29, 0.717) is 22.4 Å². The number of rotatable bonds is 9. The van der Waals surface area contributed by atoms with Crippen LogP contribution in [-0.4, -0.2) is 43.8 Å². The summed E-state index contributed by atoms with van der Waals surface area (Å²) in [6.07, 6.45) is -2.80. The molecular weight excluding hydrogens is 455 g/mol. The Morgan fingerprint density at radius 3 is 2.41 bits per heavy atom. The highest BCUT2D eigenvalue weighted by atomic mass is 19.4. The van der Waals surface area contributed by atoms with Crippen LogP contribution < -0.4 is 9.64 Å². The molecule has 0 saturated carbocycles. The molecule has 10 heteroatoms. The lowest BCUT2D eigenvalue weighted by atomic mass is 9.92. The van der Waals surface area contributed by atoms with Gasteiger partial charge in [0.15, 0.2) is 0 Å². The molecule has 0 spiro atoms. The first-order valence-electron chi connectivity index (χ1n) is 11.0. The van der Waals surface area contributed by atoms with Crippen molar-refractivity contribution in [1.29, 1.82) is 0 Å². The molecule has 1 amide bonds. The van der Waals surface area contributed by atoms with Gasteiger partial charge in [0.1, 0.15) is 12.4 Å². The number of alkyl halides is 3. The fraction of sp³-hybridized carbons (Fsp3) is 0.542. The first-order valence-corrected chi connectivity index (χ1v) is 11.0. The average molecular weight is 485 g/mol. The highest BCUT2D eigenvalue weighted by Gasteiger charge is 2.47. The van der Waals surface area contributed by atoms with Crippen LogP contribution in [0.1, 0.15) is 67.6 Å². The SMILES string of the molecule is CCOC(=O)CCC(C)=CCc1c(OC)c(C)c2c(c1N(C(=O)C(F)(F)F)C(C)C)C(=O)OC2. The molecule has 7 nitrogen and oxygen atoms in total. The van der Waals surface area contributed by atoms with E-state index in [1.165, 1.54) is 21.0 Å². The van der Waals surface area contributed by atoms with Crippen LogP contribution in [0.25, 0.3) is 0 Å². The van der Waals surface area contributed by atoms with Crippen LogP contribution in [-0.2, 0) is 32.1 Å². The lowest BCUT2D eigenvalue weighted by molar-refractivity contribution is -0.170. The Hall–Kier alpha value is -3.04. The highest BCUT2D eigenvalue weighted by molar-refractivity contribution is 6.08. The number of benzene rings is 1. The number of carbonyl (C=O) groups excluding carboxylic acids is 3.